The van der Waals surface area contributed by atoms with E-state index in [4.69, 9.17) is 4.74 Å². The van der Waals surface area contributed by atoms with Gasteiger partial charge in [0.2, 0.25) is 0 Å². The first-order chi connectivity index (χ1) is 9.15. The van der Waals surface area contributed by atoms with E-state index in [0.717, 1.165) is 28.9 Å². The molecular formula is C17H16O2. The van der Waals surface area contributed by atoms with Gasteiger partial charge in [0.1, 0.15) is 11.5 Å². The predicted octanol–water partition coefficient (Wildman–Crippen LogP) is 3.99. The molecule has 1 aliphatic rings. The molecule has 0 fully saturated rings. The summed E-state index contributed by atoms with van der Waals surface area (Å²) >= 11 is 0. The summed E-state index contributed by atoms with van der Waals surface area (Å²) in [5.74, 6) is 1.07. The van der Waals surface area contributed by atoms with Crippen molar-refractivity contribution >= 4 is 5.57 Å². The zero-order valence-electron chi connectivity index (χ0n) is 11.1. The van der Waals surface area contributed by atoms with Crippen LogP contribution in [0, 0.1) is 13.8 Å². The minimum atomic E-state index is 0.283. The van der Waals surface area contributed by atoms with Crippen LogP contribution in [0.3, 0.4) is 0 Å². The number of aryl methyl sites for hydroxylation is 1. The number of phenolic OH excluding ortho intramolecular Hbond substituents is 1. The van der Waals surface area contributed by atoms with Gasteiger partial charge in [0.25, 0.3) is 0 Å². The molecule has 0 atom stereocenters. The molecule has 2 aromatic carbocycles. The number of ether oxygens (including phenoxy) is 1. The fraction of sp³-hybridized carbons (Fsp3) is 0.176. The minimum Gasteiger partial charge on any atom is -0.508 e. The van der Waals surface area contributed by atoms with Gasteiger partial charge >= 0.3 is 0 Å². The number of hydrogen-bond donors (Lipinski definition) is 1. The number of benzene rings is 2. The quantitative estimate of drug-likeness (QED) is 0.831. The lowest BCUT2D eigenvalue weighted by Crippen LogP contribution is -2.04. The third kappa shape index (κ3) is 2.10. The Morgan fingerprint density at radius 2 is 1.74 bits per heavy atom. The first-order valence-corrected chi connectivity index (χ1v) is 6.39. The molecule has 96 valence electrons. The number of aromatic hydroxyl groups is 1. The van der Waals surface area contributed by atoms with Gasteiger partial charge in [-0.05, 0) is 36.6 Å². The molecule has 1 N–H and O–H groups in total. The maximum absolute atomic E-state index is 9.69. The molecule has 0 spiro atoms. The number of allylic oxidation sites excluding steroid dienone is 1. The lowest BCUT2D eigenvalue weighted by atomic mass is 9.95. The Hall–Kier alpha value is -2.22. The van der Waals surface area contributed by atoms with Crippen LogP contribution in [0.2, 0.25) is 0 Å². The van der Waals surface area contributed by atoms with Gasteiger partial charge in [-0.2, -0.15) is 0 Å². The maximum Gasteiger partial charge on any atom is 0.136 e. The molecule has 0 bridgehead atoms. The Labute approximate surface area is 113 Å². The first-order valence-electron chi connectivity index (χ1n) is 6.39. The van der Waals surface area contributed by atoms with Crippen molar-refractivity contribution in [3.63, 3.8) is 0 Å². The summed E-state index contributed by atoms with van der Waals surface area (Å²) in [5, 5.41) is 9.69. The van der Waals surface area contributed by atoms with Gasteiger partial charge in [0.05, 0.1) is 6.26 Å². The second-order valence-corrected chi connectivity index (χ2v) is 5.00. The highest BCUT2D eigenvalue weighted by atomic mass is 16.5. The number of hydrogen-bond acceptors (Lipinski definition) is 2. The molecule has 0 unspecified atom stereocenters. The van der Waals surface area contributed by atoms with Crippen molar-refractivity contribution in [2.24, 2.45) is 0 Å². The van der Waals surface area contributed by atoms with Crippen molar-refractivity contribution in [2.45, 2.75) is 20.3 Å². The van der Waals surface area contributed by atoms with E-state index >= 15 is 0 Å². The molecule has 0 amide bonds. The van der Waals surface area contributed by atoms with E-state index in [-0.39, 0.29) is 5.75 Å². The molecular weight excluding hydrogens is 236 g/mol. The van der Waals surface area contributed by atoms with E-state index in [1.165, 1.54) is 11.1 Å². The van der Waals surface area contributed by atoms with Crippen molar-refractivity contribution in [1.29, 1.82) is 0 Å². The molecule has 3 rings (SSSR count). The Morgan fingerprint density at radius 1 is 1.00 bits per heavy atom. The average Bonchev–Trinajstić information content (AvgIpc) is 2.43. The van der Waals surface area contributed by atoms with Crippen molar-refractivity contribution in [3.8, 4) is 11.5 Å². The summed E-state index contributed by atoms with van der Waals surface area (Å²) in [4.78, 5) is 0. The fourth-order valence-corrected chi connectivity index (χ4v) is 2.36. The van der Waals surface area contributed by atoms with Gasteiger partial charge < -0.3 is 9.84 Å². The van der Waals surface area contributed by atoms with Crippen LogP contribution in [0.1, 0.15) is 22.3 Å². The summed E-state index contributed by atoms with van der Waals surface area (Å²) in [7, 11) is 0. The highest BCUT2D eigenvalue weighted by Crippen LogP contribution is 2.37. The normalized spacial score (nSPS) is 13.5. The van der Waals surface area contributed by atoms with Gasteiger partial charge in [0, 0.05) is 12.0 Å². The van der Waals surface area contributed by atoms with E-state index in [2.05, 4.69) is 31.2 Å². The first kappa shape index (κ1) is 11.8. The molecule has 2 nitrogen and oxygen atoms in total. The monoisotopic (exact) mass is 252 g/mol. The highest BCUT2D eigenvalue weighted by molar-refractivity contribution is 5.71. The molecule has 1 heterocycles. The summed E-state index contributed by atoms with van der Waals surface area (Å²) in [6.45, 7) is 3.95. The highest BCUT2D eigenvalue weighted by Gasteiger charge is 2.17. The topological polar surface area (TPSA) is 29.5 Å². The van der Waals surface area contributed by atoms with E-state index in [1.54, 1.807) is 12.3 Å². The largest absolute Gasteiger partial charge is 0.508 e. The molecule has 0 aromatic heterocycles. The lowest BCUT2D eigenvalue weighted by Gasteiger charge is -2.20. The SMILES string of the molecule is Cc1ccc(C2=COc3c(ccc(O)c3C)C2)cc1. The summed E-state index contributed by atoms with van der Waals surface area (Å²) in [6.07, 6.45) is 2.62. The number of rotatable bonds is 1. The van der Waals surface area contributed by atoms with Crippen molar-refractivity contribution < 1.29 is 9.84 Å². The molecule has 0 aliphatic carbocycles. The van der Waals surface area contributed by atoms with Crippen LogP contribution in [0.25, 0.3) is 5.57 Å². The van der Waals surface area contributed by atoms with Gasteiger partial charge in [-0.15, -0.1) is 0 Å². The van der Waals surface area contributed by atoms with E-state index in [1.807, 2.05) is 13.0 Å². The van der Waals surface area contributed by atoms with Crippen LogP contribution >= 0.6 is 0 Å². The second-order valence-electron chi connectivity index (χ2n) is 5.00. The Morgan fingerprint density at radius 3 is 2.47 bits per heavy atom. The summed E-state index contributed by atoms with van der Waals surface area (Å²) < 4.78 is 5.71. The van der Waals surface area contributed by atoms with E-state index < -0.39 is 0 Å². The second kappa shape index (κ2) is 4.47. The Kier molecular flexibility index (Phi) is 2.79. The molecule has 2 aromatic rings. The average molecular weight is 252 g/mol. The maximum atomic E-state index is 9.69. The molecule has 19 heavy (non-hydrogen) atoms. The zero-order chi connectivity index (χ0) is 13.4. The van der Waals surface area contributed by atoms with Gasteiger partial charge in [0.15, 0.2) is 0 Å². The van der Waals surface area contributed by atoms with Crippen molar-refractivity contribution in [3.05, 3.63) is 64.9 Å². The molecule has 0 saturated heterocycles. The number of phenols is 1. The van der Waals surface area contributed by atoms with Crippen molar-refractivity contribution in [2.75, 3.05) is 0 Å². The van der Waals surface area contributed by atoms with Crippen LogP contribution in [0.15, 0.2) is 42.7 Å². The van der Waals surface area contributed by atoms with Gasteiger partial charge in [-0.3, -0.25) is 0 Å². The zero-order valence-corrected chi connectivity index (χ0v) is 11.1. The molecule has 0 saturated carbocycles. The third-order valence-electron chi connectivity index (χ3n) is 3.58. The molecule has 1 aliphatic heterocycles. The van der Waals surface area contributed by atoms with Crippen molar-refractivity contribution in [1.82, 2.24) is 0 Å². The van der Waals surface area contributed by atoms with Crippen LogP contribution < -0.4 is 4.74 Å². The fourth-order valence-electron chi connectivity index (χ4n) is 2.36. The Bertz CT molecular complexity index is 652. The van der Waals surface area contributed by atoms with Gasteiger partial charge in [-0.25, -0.2) is 0 Å². The smallest absolute Gasteiger partial charge is 0.136 e. The number of fused-ring (bicyclic) bond motifs is 1. The van der Waals surface area contributed by atoms with Crippen LogP contribution in [0.5, 0.6) is 11.5 Å². The predicted molar refractivity (Wildman–Crippen MR) is 76.3 cm³/mol. The van der Waals surface area contributed by atoms with E-state index in [0.29, 0.717) is 0 Å². The van der Waals surface area contributed by atoms with Crippen LogP contribution in [-0.4, -0.2) is 5.11 Å². The van der Waals surface area contributed by atoms with Crippen LogP contribution in [0.4, 0.5) is 0 Å². The van der Waals surface area contributed by atoms with Crippen LogP contribution in [-0.2, 0) is 6.42 Å². The third-order valence-corrected chi connectivity index (χ3v) is 3.58. The summed E-state index contributed by atoms with van der Waals surface area (Å²) in [6, 6.07) is 12.1. The standard InChI is InChI=1S/C17H16O2/c1-11-3-5-13(6-4-11)15-9-14-7-8-16(18)12(2)17(14)19-10-15/h3-8,10,18H,9H2,1-2H3. The van der Waals surface area contributed by atoms with Gasteiger partial charge in [-0.1, -0.05) is 35.9 Å². The molecule has 2 heteroatoms. The van der Waals surface area contributed by atoms with E-state index in [9.17, 15) is 5.11 Å². The summed E-state index contributed by atoms with van der Waals surface area (Å²) in [5.41, 5.74) is 5.52. The Balaban J connectivity index is 1.96. The lowest BCUT2D eigenvalue weighted by molar-refractivity contribution is 0.440. The molecule has 0 radical (unpaired) electrons. The minimum absolute atomic E-state index is 0.283.